The van der Waals surface area contributed by atoms with Crippen LogP contribution >= 0.6 is 11.8 Å². The number of rotatable bonds is 4. The van der Waals surface area contributed by atoms with E-state index in [1.807, 2.05) is 11.8 Å². The first kappa shape index (κ1) is 14.2. The first-order chi connectivity index (χ1) is 8.70. The first-order valence-electron chi connectivity index (χ1n) is 7.26. The fourth-order valence-corrected chi connectivity index (χ4v) is 4.04. The fraction of sp³-hybridized carbons (Fsp3) is 0.929. The lowest BCUT2D eigenvalue weighted by Crippen LogP contribution is -2.37. The minimum absolute atomic E-state index is 0.553. The van der Waals surface area contributed by atoms with Gasteiger partial charge in [-0.2, -0.15) is 0 Å². The molecule has 1 spiro atoms. The van der Waals surface area contributed by atoms with Crippen molar-refractivity contribution in [3.05, 3.63) is 0 Å². The molecule has 1 heterocycles. The smallest absolute Gasteiger partial charge is 0.156 e. The highest BCUT2D eigenvalue weighted by molar-refractivity contribution is 8.13. The van der Waals surface area contributed by atoms with E-state index in [0.29, 0.717) is 5.41 Å². The molecule has 3 nitrogen and oxygen atoms in total. The van der Waals surface area contributed by atoms with Gasteiger partial charge < -0.3 is 10.2 Å². The third-order valence-corrected chi connectivity index (χ3v) is 5.35. The zero-order valence-electron chi connectivity index (χ0n) is 11.9. The molecular formula is C14H27N3S. The molecular weight excluding hydrogens is 242 g/mol. The molecule has 1 fully saturated rings. The van der Waals surface area contributed by atoms with Gasteiger partial charge in [-0.1, -0.05) is 31.0 Å². The van der Waals surface area contributed by atoms with Crippen LogP contribution in [0.2, 0.25) is 0 Å². The molecule has 4 heteroatoms. The van der Waals surface area contributed by atoms with Crippen LogP contribution in [0.4, 0.5) is 0 Å². The van der Waals surface area contributed by atoms with Crippen LogP contribution in [0, 0.1) is 5.41 Å². The van der Waals surface area contributed by atoms with Crippen LogP contribution in [0.5, 0.6) is 0 Å². The minimum atomic E-state index is 0.553. The Balaban J connectivity index is 1.69. The van der Waals surface area contributed by atoms with Crippen LogP contribution in [0.3, 0.4) is 0 Å². The largest absolute Gasteiger partial charge is 0.365 e. The highest BCUT2D eigenvalue weighted by atomic mass is 32.2. The third-order valence-electron chi connectivity index (χ3n) is 4.05. The molecule has 0 bridgehead atoms. The van der Waals surface area contributed by atoms with E-state index in [-0.39, 0.29) is 0 Å². The van der Waals surface area contributed by atoms with Gasteiger partial charge in [-0.05, 0) is 45.3 Å². The van der Waals surface area contributed by atoms with Crippen molar-refractivity contribution in [1.29, 1.82) is 0 Å². The van der Waals surface area contributed by atoms with Crippen LogP contribution in [0.1, 0.15) is 38.5 Å². The van der Waals surface area contributed by atoms with E-state index in [1.54, 1.807) is 0 Å². The SMILES string of the molecule is CN(C)CCCNC1=NCC2(CCCCC2)CS1. The monoisotopic (exact) mass is 269 g/mol. The Morgan fingerprint density at radius 1 is 1.28 bits per heavy atom. The lowest BCUT2D eigenvalue weighted by molar-refractivity contribution is 0.232. The second-order valence-electron chi connectivity index (χ2n) is 6.05. The van der Waals surface area contributed by atoms with Crippen molar-refractivity contribution in [3.63, 3.8) is 0 Å². The zero-order valence-corrected chi connectivity index (χ0v) is 12.7. The maximum atomic E-state index is 4.78. The molecule has 0 unspecified atom stereocenters. The van der Waals surface area contributed by atoms with E-state index in [4.69, 9.17) is 4.99 Å². The van der Waals surface area contributed by atoms with Gasteiger partial charge in [0.1, 0.15) is 0 Å². The third kappa shape index (κ3) is 4.16. The van der Waals surface area contributed by atoms with Gasteiger partial charge >= 0.3 is 0 Å². The van der Waals surface area contributed by atoms with E-state index in [2.05, 4.69) is 24.3 Å². The molecule has 104 valence electrons. The van der Waals surface area contributed by atoms with Crippen molar-refractivity contribution in [1.82, 2.24) is 10.2 Å². The number of nitrogens with zero attached hydrogens (tertiary/aromatic N) is 2. The fourth-order valence-electron chi connectivity index (χ4n) is 2.85. The summed E-state index contributed by atoms with van der Waals surface area (Å²) in [7, 11) is 4.25. The standard InChI is InChI=1S/C14H27N3S/c1-17(2)10-6-9-15-13-16-11-14(12-18-13)7-4-3-5-8-14/h3-12H2,1-2H3,(H,15,16). The van der Waals surface area contributed by atoms with E-state index in [0.717, 1.165) is 19.6 Å². The quantitative estimate of drug-likeness (QED) is 0.795. The summed E-state index contributed by atoms with van der Waals surface area (Å²) in [5, 5.41) is 4.67. The predicted octanol–water partition coefficient (Wildman–Crippen LogP) is 2.58. The molecule has 1 N–H and O–H groups in total. The Morgan fingerprint density at radius 3 is 2.67 bits per heavy atom. The molecule has 1 saturated carbocycles. The summed E-state index contributed by atoms with van der Waals surface area (Å²) >= 11 is 1.95. The molecule has 1 aliphatic carbocycles. The van der Waals surface area contributed by atoms with Crippen molar-refractivity contribution in [2.24, 2.45) is 10.4 Å². The summed E-state index contributed by atoms with van der Waals surface area (Å²) in [6.07, 6.45) is 8.27. The molecule has 0 atom stereocenters. The van der Waals surface area contributed by atoms with Crippen molar-refractivity contribution < 1.29 is 0 Å². The summed E-state index contributed by atoms with van der Waals surface area (Å²) in [5.74, 6) is 1.28. The Kier molecular flexibility index (Phi) is 5.37. The van der Waals surface area contributed by atoms with Crippen LogP contribution in [0.15, 0.2) is 4.99 Å². The van der Waals surface area contributed by atoms with Gasteiger partial charge in [0, 0.05) is 18.8 Å². The van der Waals surface area contributed by atoms with Crippen LogP contribution in [-0.2, 0) is 0 Å². The number of thioether (sulfide) groups is 1. The highest BCUT2D eigenvalue weighted by Crippen LogP contribution is 2.41. The predicted molar refractivity (Wildman–Crippen MR) is 81.5 cm³/mol. The lowest BCUT2D eigenvalue weighted by atomic mass is 9.75. The van der Waals surface area contributed by atoms with Gasteiger partial charge in [0.2, 0.25) is 0 Å². The molecule has 2 rings (SSSR count). The first-order valence-corrected chi connectivity index (χ1v) is 8.25. The van der Waals surface area contributed by atoms with Gasteiger partial charge in [-0.15, -0.1) is 0 Å². The van der Waals surface area contributed by atoms with Gasteiger partial charge in [0.05, 0.1) is 0 Å². The maximum absolute atomic E-state index is 4.78. The van der Waals surface area contributed by atoms with Gasteiger partial charge in [0.25, 0.3) is 0 Å². The number of aliphatic imine (C=N–C) groups is 1. The average molecular weight is 269 g/mol. The summed E-state index contributed by atoms with van der Waals surface area (Å²) in [6.45, 7) is 3.27. The lowest BCUT2D eigenvalue weighted by Gasteiger charge is -2.38. The molecule has 18 heavy (non-hydrogen) atoms. The van der Waals surface area contributed by atoms with Crippen molar-refractivity contribution in [3.8, 4) is 0 Å². The average Bonchev–Trinajstić information content (AvgIpc) is 2.38. The van der Waals surface area contributed by atoms with Crippen molar-refractivity contribution in [2.45, 2.75) is 38.5 Å². The number of nitrogens with one attached hydrogen (secondary N) is 1. The normalized spacial score (nSPS) is 23.2. The highest BCUT2D eigenvalue weighted by Gasteiger charge is 2.34. The summed E-state index contributed by atoms with van der Waals surface area (Å²) in [6, 6.07) is 0. The summed E-state index contributed by atoms with van der Waals surface area (Å²) in [5.41, 5.74) is 0.553. The Hall–Kier alpha value is -0.220. The second-order valence-corrected chi connectivity index (χ2v) is 7.02. The molecule has 0 aromatic heterocycles. The summed E-state index contributed by atoms with van der Waals surface area (Å²) in [4.78, 5) is 7.01. The molecule has 1 aliphatic heterocycles. The van der Waals surface area contributed by atoms with E-state index >= 15 is 0 Å². The zero-order chi connectivity index (χ0) is 12.8. The van der Waals surface area contributed by atoms with E-state index < -0.39 is 0 Å². The molecule has 0 amide bonds. The second kappa shape index (κ2) is 6.80. The van der Waals surface area contributed by atoms with Crippen molar-refractivity contribution >= 4 is 16.9 Å². The van der Waals surface area contributed by atoms with Gasteiger partial charge in [-0.3, -0.25) is 4.99 Å². The number of hydrogen-bond donors (Lipinski definition) is 1. The van der Waals surface area contributed by atoms with Crippen LogP contribution < -0.4 is 5.32 Å². The molecule has 0 radical (unpaired) electrons. The van der Waals surface area contributed by atoms with Gasteiger partial charge in [0.15, 0.2) is 5.17 Å². The molecule has 2 aliphatic rings. The molecule has 0 saturated heterocycles. The van der Waals surface area contributed by atoms with Crippen LogP contribution in [0.25, 0.3) is 0 Å². The topological polar surface area (TPSA) is 27.6 Å². The number of amidine groups is 1. The minimum Gasteiger partial charge on any atom is -0.365 e. The van der Waals surface area contributed by atoms with E-state index in [1.165, 1.54) is 49.4 Å². The Morgan fingerprint density at radius 2 is 2.06 bits per heavy atom. The molecule has 0 aromatic carbocycles. The maximum Gasteiger partial charge on any atom is 0.156 e. The number of hydrogen-bond acceptors (Lipinski definition) is 4. The van der Waals surface area contributed by atoms with Crippen LogP contribution in [-0.4, -0.2) is 49.6 Å². The van der Waals surface area contributed by atoms with E-state index in [9.17, 15) is 0 Å². The molecule has 0 aromatic rings. The Bertz CT molecular complexity index is 283. The van der Waals surface area contributed by atoms with Gasteiger partial charge in [-0.25, -0.2) is 0 Å². The summed E-state index contributed by atoms with van der Waals surface area (Å²) < 4.78 is 0. The Labute approximate surface area is 116 Å². The van der Waals surface area contributed by atoms with Crippen molar-refractivity contribution in [2.75, 3.05) is 39.5 Å².